The van der Waals surface area contributed by atoms with Crippen LogP contribution in [0.5, 0.6) is 0 Å². The fraction of sp³-hybridized carbons (Fsp3) is 0.933. The van der Waals surface area contributed by atoms with Crippen molar-refractivity contribution in [2.45, 2.75) is 57.0 Å². The Labute approximate surface area is 115 Å². The molecule has 3 aliphatic rings. The number of aliphatic carboxylic acids is 1. The molecule has 3 rings (SSSR count). The second-order valence-electron chi connectivity index (χ2n) is 6.69. The van der Waals surface area contributed by atoms with E-state index in [2.05, 4.69) is 10.2 Å². The number of hydrogen-bond acceptors (Lipinski definition) is 3. The van der Waals surface area contributed by atoms with Crippen LogP contribution < -0.4 is 5.32 Å². The second-order valence-corrected chi connectivity index (χ2v) is 6.69. The third-order valence-electron chi connectivity index (χ3n) is 4.85. The minimum Gasteiger partial charge on any atom is -0.480 e. The third-order valence-corrected chi connectivity index (χ3v) is 4.85. The Kier molecular flexibility index (Phi) is 3.56. The maximum absolute atomic E-state index is 11.9. The lowest BCUT2D eigenvalue weighted by Gasteiger charge is -2.36. The van der Waals surface area contributed by atoms with Gasteiger partial charge in [0.1, 0.15) is 5.54 Å². The monoisotopic (exact) mass is 266 g/mol. The maximum Gasteiger partial charge on any atom is 0.325 e. The smallest absolute Gasteiger partial charge is 0.325 e. The van der Waals surface area contributed by atoms with Gasteiger partial charge >= 0.3 is 5.97 Å². The molecule has 0 aliphatic heterocycles. The highest BCUT2D eigenvalue weighted by atomic mass is 16.4. The summed E-state index contributed by atoms with van der Waals surface area (Å²) in [5, 5.41) is 13.1. The van der Waals surface area contributed by atoms with Crippen LogP contribution in [0, 0.1) is 11.8 Å². The Bertz CT molecular complexity index is 348. The van der Waals surface area contributed by atoms with Crippen molar-refractivity contribution >= 4 is 5.97 Å². The SMILES string of the molecule is CCNC(CN(CC1CC1)C1CC1)(C(=O)O)C1CC1. The van der Waals surface area contributed by atoms with Gasteiger partial charge in [0, 0.05) is 19.1 Å². The topological polar surface area (TPSA) is 52.6 Å². The van der Waals surface area contributed by atoms with E-state index in [1.807, 2.05) is 6.92 Å². The lowest BCUT2D eigenvalue weighted by molar-refractivity contribution is -0.147. The summed E-state index contributed by atoms with van der Waals surface area (Å²) in [4.78, 5) is 14.4. The van der Waals surface area contributed by atoms with Crippen LogP contribution in [0.2, 0.25) is 0 Å². The summed E-state index contributed by atoms with van der Waals surface area (Å²) in [5.41, 5.74) is -0.688. The molecule has 0 aromatic rings. The lowest BCUT2D eigenvalue weighted by Crippen LogP contribution is -2.61. The van der Waals surface area contributed by atoms with Crippen molar-refractivity contribution in [2.24, 2.45) is 11.8 Å². The summed E-state index contributed by atoms with van der Waals surface area (Å²) < 4.78 is 0. The van der Waals surface area contributed by atoms with Crippen molar-refractivity contribution in [2.75, 3.05) is 19.6 Å². The van der Waals surface area contributed by atoms with Crippen LogP contribution in [0.15, 0.2) is 0 Å². The van der Waals surface area contributed by atoms with Gasteiger partial charge in [-0.05, 0) is 56.9 Å². The zero-order valence-corrected chi connectivity index (χ0v) is 11.9. The van der Waals surface area contributed by atoms with Gasteiger partial charge in [0.25, 0.3) is 0 Å². The normalized spacial score (nSPS) is 26.4. The third kappa shape index (κ3) is 2.95. The Morgan fingerprint density at radius 2 is 1.95 bits per heavy atom. The highest BCUT2D eigenvalue weighted by Crippen LogP contribution is 2.43. The largest absolute Gasteiger partial charge is 0.480 e. The van der Waals surface area contributed by atoms with Crippen LogP contribution in [-0.4, -0.2) is 47.2 Å². The number of rotatable bonds is 9. The van der Waals surface area contributed by atoms with Crippen molar-refractivity contribution in [1.82, 2.24) is 10.2 Å². The van der Waals surface area contributed by atoms with E-state index in [1.54, 1.807) is 0 Å². The van der Waals surface area contributed by atoms with Crippen LogP contribution in [0.3, 0.4) is 0 Å². The van der Waals surface area contributed by atoms with Gasteiger partial charge in [0.2, 0.25) is 0 Å². The molecule has 0 saturated heterocycles. The van der Waals surface area contributed by atoms with Gasteiger partial charge in [-0.25, -0.2) is 0 Å². The van der Waals surface area contributed by atoms with Gasteiger partial charge in [-0.3, -0.25) is 9.69 Å². The molecule has 3 aliphatic carbocycles. The molecule has 0 aromatic heterocycles. The fourth-order valence-corrected chi connectivity index (χ4v) is 3.27. The van der Waals surface area contributed by atoms with E-state index in [0.29, 0.717) is 18.5 Å². The Morgan fingerprint density at radius 3 is 2.37 bits per heavy atom. The van der Waals surface area contributed by atoms with Gasteiger partial charge in [-0.1, -0.05) is 6.92 Å². The highest BCUT2D eigenvalue weighted by molar-refractivity contribution is 5.80. The molecule has 4 nitrogen and oxygen atoms in total. The minimum absolute atomic E-state index is 0.338. The Hall–Kier alpha value is -0.610. The van der Waals surface area contributed by atoms with Crippen LogP contribution in [-0.2, 0) is 4.79 Å². The highest BCUT2D eigenvalue weighted by Gasteiger charge is 2.53. The summed E-state index contributed by atoms with van der Waals surface area (Å²) in [6.45, 7) is 4.59. The molecule has 4 heteroatoms. The zero-order valence-electron chi connectivity index (χ0n) is 11.9. The first kappa shape index (κ1) is 13.4. The molecular weight excluding hydrogens is 240 g/mol. The fourth-order valence-electron chi connectivity index (χ4n) is 3.27. The molecule has 0 spiro atoms. The summed E-state index contributed by atoms with van der Waals surface area (Å²) in [6.07, 6.45) is 7.35. The number of carboxylic acid groups (broad SMARTS) is 1. The summed E-state index contributed by atoms with van der Waals surface area (Å²) >= 11 is 0. The van der Waals surface area contributed by atoms with Gasteiger partial charge in [0.05, 0.1) is 0 Å². The number of nitrogens with one attached hydrogen (secondary N) is 1. The average Bonchev–Trinajstić information content (AvgIpc) is 3.24. The maximum atomic E-state index is 11.9. The number of carbonyl (C=O) groups is 1. The number of nitrogens with zero attached hydrogens (tertiary/aromatic N) is 1. The summed E-state index contributed by atoms with van der Waals surface area (Å²) in [5.74, 6) is 0.539. The molecule has 108 valence electrons. The van der Waals surface area contributed by atoms with Crippen molar-refractivity contribution in [3.8, 4) is 0 Å². The molecule has 1 unspecified atom stereocenters. The molecule has 0 bridgehead atoms. The van der Waals surface area contributed by atoms with Crippen LogP contribution in [0.1, 0.15) is 45.4 Å². The van der Waals surface area contributed by atoms with Crippen molar-refractivity contribution in [1.29, 1.82) is 0 Å². The van der Waals surface area contributed by atoms with E-state index in [9.17, 15) is 9.90 Å². The molecule has 0 amide bonds. The van der Waals surface area contributed by atoms with E-state index in [1.165, 1.54) is 25.7 Å². The van der Waals surface area contributed by atoms with E-state index in [4.69, 9.17) is 0 Å². The molecule has 3 fully saturated rings. The van der Waals surface area contributed by atoms with Crippen LogP contribution in [0.25, 0.3) is 0 Å². The molecule has 19 heavy (non-hydrogen) atoms. The molecule has 2 N–H and O–H groups in total. The van der Waals surface area contributed by atoms with Crippen LogP contribution >= 0.6 is 0 Å². The zero-order chi connectivity index (χ0) is 13.5. The number of hydrogen-bond donors (Lipinski definition) is 2. The molecular formula is C15H26N2O2. The van der Waals surface area contributed by atoms with E-state index >= 15 is 0 Å². The van der Waals surface area contributed by atoms with E-state index in [-0.39, 0.29) is 0 Å². The lowest BCUT2D eigenvalue weighted by atomic mass is 9.92. The van der Waals surface area contributed by atoms with Gasteiger partial charge in [0.15, 0.2) is 0 Å². The van der Waals surface area contributed by atoms with Gasteiger partial charge < -0.3 is 10.4 Å². The van der Waals surface area contributed by atoms with Gasteiger partial charge in [-0.2, -0.15) is 0 Å². The average molecular weight is 266 g/mol. The van der Waals surface area contributed by atoms with Crippen molar-refractivity contribution in [3.05, 3.63) is 0 Å². The number of likely N-dealkylation sites (N-methyl/N-ethyl adjacent to an activating group) is 1. The summed E-state index contributed by atoms with van der Waals surface area (Å²) in [6, 6.07) is 0.664. The quantitative estimate of drug-likeness (QED) is 0.667. The first-order chi connectivity index (χ1) is 9.15. The molecule has 0 heterocycles. The second kappa shape index (κ2) is 5.06. The van der Waals surface area contributed by atoms with Crippen molar-refractivity contribution in [3.63, 3.8) is 0 Å². The predicted molar refractivity (Wildman–Crippen MR) is 74.1 cm³/mol. The Balaban J connectivity index is 1.71. The summed E-state index contributed by atoms with van der Waals surface area (Å²) in [7, 11) is 0. The molecule has 0 radical (unpaired) electrons. The molecule has 0 aromatic carbocycles. The van der Waals surface area contributed by atoms with Crippen molar-refractivity contribution < 1.29 is 9.90 Å². The molecule has 3 saturated carbocycles. The van der Waals surface area contributed by atoms with Gasteiger partial charge in [-0.15, -0.1) is 0 Å². The predicted octanol–water partition coefficient (Wildman–Crippen LogP) is 1.70. The van der Waals surface area contributed by atoms with E-state index < -0.39 is 11.5 Å². The Morgan fingerprint density at radius 1 is 1.26 bits per heavy atom. The first-order valence-corrected chi connectivity index (χ1v) is 7.88. The van der Waals surface area contributed by atoms with Crippen LogP contribution in [0.4, 0.5) is 0 Å². The molecule has 1 atom stereocenters. The minimum atomic E-state index is -0.688. The number of carboxylic acids is 1. The van der Waals surface area contributed by atoms with E-state index in [0.717, 1.165) is 31.8 Å². The standard InChI is InChI=1S/C15H26N2O2/c1-2-16-15(14(18)19,12-5-6-12)10-17(13-7-8-13)9-11-3-4-11/h11-13,16H,2-10H2,1H3,(H,18,19). The first-order valence-electron chi connectivity index (χ1n) is 7.88.